The molecule has 0 aliphatic rings. The molecular formula is C11H7BrFNO. The van der Waals surface area contributed by atoms with E-state index in [2.05, 4.69) is 20.9 Å². The molecule has 0 bridgehead atoms. The second kappa shape index (κ2) is 4.40. The quantitative estimate of drug-likeness (QED) is 0.826. The van der Waals surface area contributed by atoms with Crippen LogP contribution in [0, 0.1) is 5.82 Å². The molecule has 1 aromatic carbocycles. The first kappa shape index (κ1) is 10.1. The van der Waals surface area contributed by atoms with Gasteiger partial charge in [-0.25, -0.2) is 9.37 Å². The van der Waals surface area contributed by atoms with Gasteiger partial charge in [0.05, 0.1) is 0 Å². The molecule has 0 atom stereocenters. The van der Waals surface area contributed by atoms with Crippen molar-refractivity contribution in [1.29, 1.82) is 0 Å². The molecule has 0 N–H and O–H groups in total. The molecule has 2 aromatic rings. The van der Waals surface area contributed by atoms with E-state index in [-0.39, 0.29) is 5.82 Å². The number of rotatable bonds is 2. The standard InChI is InChI=1S/C11H7BrFNO/c12-8-1-6-11(14-7-8)15-10-4-2-9(13)3-5-10/h1-7H. The van der Waals surface area contributed by atoms with Crippen LogP contribution < -0.4 is 4.74 Å². The van der Waals surface area contributed by atoms with Crippen LogP contribution in [-0.2, 0) is 0 Å². The number of ether oxygens (including phenoxy) is 1. The first-order chi connectivity index (χ1) is 7.24. The molecule has 2 rings (SSSR count). The van der Waals surface area contributed by atoms with Crippen molar-refractivity contribution in [2.24, 2.45) is 0 Å². The van der Waals surface area contributed by atoms with Crippen LogP contribution in [-0.4, -0.2) is 4.98 Å². The lowest BCUT2D eigenvalue weighted by atomic mass is 10.3. The molecule has 76 valence electrons. The Hall–Kier alpha value is -1.42. The maximum absolute atomic E-state index is 12.6. The van der Waals surface area contributed by atoms with Crippen LogP contribution in [0.1, 0.15) is 0 Å². The van der Waals surface area contributed by atoms with Gasteiger partial charge in [0, 0.05) is 16.7 Å². The van der Waals surface area contributed by atoms with Gasteiger partial charge in [-0.05, 0) is 46.3 Å². The second-order valence-electron chi connectivity index (χ2n) is 2.87. The first-order valence-corrected chi connectivity index (χ1v) is 5.08. The highest BCUT2D eigenvalue weighted by Crippen LogP contribution is 2.20. The summed E-state index contributed by atoms with van der Waals surface area (Å²) in [5.41, 5.74) is 0. The van der Waals surface area contributed by atoms with Crippen LogP contribution in [0.25, 0.3) is 0 Å². The van der Waals surface area contributed by atoms with E-state index in [0.29, 0.717) is 11.6 Å². The molecule has 1 heterocycles. The molecule has 0 saturated heterocycles. The van der Waals surface area contributed by atoms with Gasteiger partial charge in [-0.3, -0.25) is 0 Å². The summed E-state index contributed by atoms with van der Waals surface area (Å²) >= 11 is 3.27. The average Bonchev–Trinajstić information content (AvgIpc) is 2.25. The Morgan fingerprint density at radius 3 is 2.40 bits per heavy atom. The third-order valence-corrected chi connectivity index (χ3v) is 2.21. The summed E-state index contributed by atoms with van der Waals surface area (Å²) in [7, 11) is 0. The van der Waals surface area contributed by atoms with Crippen LogP contribution in [0.4, 0.5) is 4.39 Å². The van der Waals surface area contributed by atoms with E-state index in [1.807, 2.05) is 6.07 Å². The van der Waals surface area contributed by atoms with Crippen molar-refractivity contribution in [3.8, 4) is 11.6 Å². The lowest BCUT2D eigenvalue weighted by Crippen LogP contribution is -1.87. The summed E-state index contributed by atoms with van der Waals surface area (Å²) in [4.78, 5) is 4.03. The van der Waals surface area contributed by atoms with E-state index < -0.39 is 0 Å². The Morgan fingerprint density at radius 1 is 1.07 bits per heavy atom. The lowest BCUT2D eigenvalue weighted by molar-refractivity contribution is 0.461. The Kier molecular flexibility index (Phi) is 2.97. The fourth-order valence-corrected chi connectivity index (χ4v) is 1.28. The van der Waals surface area contributed by atoms with Gasteiger partial charge in [-0.15, -0.1) is 0 Å². The number of aromatic nitrogens is 1. The molecule has 15 heavy (non-hydrogen) atoms. The lowest BCUT2D eigenvalue weighted by Gasteiger charge is -2.03. The second-order valence-corrected chi connectivity index (χ2v) is 3.79. The van der Waals surface area contributed by atoms with Crippen molar-refractivity contribution in [1.82, 2.24) is 4.98 Å². The minimum atomic E-state index is -0.286. The smallest absolute Gasteiger partial charge is 0.219 e. The minimum Gasteiger partial charge on any atom is -0.439 e. The van der Waals surface area contributed by atoms with E-state index in [1.54, 1.807) is 24.4 Å². The highest BCUT2D eigenvalue weighted by molar-refractivity contribution is 9.10. The molecule has 0 amide bonds. The normalized spacial score (nSPS) is 10.0. The summed E-state index contributed by atoms with van der Waals surface area (Å²) in [6, 6.07) is 9.35. The summed E-state index contributed by atoms with van der Waals surface area (Å²) in [6.07, 6.45) is 1.64. The largest absolute Gasteiger partial charge is 0.439 e. The average molecular weight is 268 g/mol. The highest BCUT2D eigenvalue weighted by atomic mass is 79.9. The van der Waals surface area contributed by atoms with Crippen LogP contribution in [0.5, 0.6) is 11.6 Å². The van der Waals surface area contributed by atoms with Crippen molar-refractivity contribution < 1.29 is 9.13 Å². The maximum Gasteiger partial charge on any atom is 0.219 e. The monoisotopic (exact) mass is 267 g/mol. The molecule has 4 heteroatoms. The summed E-state index contributed by atoms with van der Waals surface area (Å²) in [6.45, 7) is 0. The van der Waals surface area contributed by atoms with Gasteiger partial charge in [0.1, 0.15) is 11.6 Å². The predicted molar refractivity (Wildman–Crippen MR) is 58.4 cm³/mol. The van der Waals surface area contributed by atoms with Crippen molar-refractivity contribution in [3.63, 3.8) is 0 Å². The topological polar surface area (TPSA) is 22.1 Å². The zero-order chi connectivity index (χ0) is 10.7. The van der Waals surface area contributed by atoms with Gasteiger partial charge in [-0.1, -0.05) is 0 Å². The SMILES string of the molecule is Fc1ccc(Oc2ccc(Br)cn2)cc1. The predicted octanol–water partition coefficient (Wildman–Crippen LogP) is 3.78. The number of nitrogens with zero attached hydrogens (tertiary/aromatic N) is 1. The number of halogens is 2. The molecule has 0 spiro atoms. The molecule has 0 saturated carbocycles. The summed E-state index contributed by atoms with van der Waals surface area (Å²) in [5.74, 6) is 0.752. The maximum atomic E-state index is 12.6. The number of hydrogen-bond acceptors (Lipinski definition) is 2. The number of hydrogen-bond donors (Lipinski definition) is 0. The third kappa shape index (κ3) is 2.76. The fraction of sp³-hybridized carbons (Fsp3) is 0. The third-order valence-electron chi connectivity index (χ3n) is 1.74. The highest BCUT2D eigenvalue weighted by Gasteiger charge is 1.98. The fourth-order valence-electron chi connectivity index (χ4n) is 1.05. The molecule has 1 aromatic heterocycles. The first-order valence-electron chi connectivity index (χ1n) is 4.29. The Labute approximate surface area is 94.9 Å². The van der Waals surface area contributed by atoms with Crippen molar-refractivity contribution in [2.75, 3.05) is 0 Å². The molecular weight excluding hydrogens is 261 g/mol. The van der Waals surface area contributed by atoms with Gasteiger partial charge in [0.2, 0.25) is 5.88 Å². The van der Waals surface area contributed by atoms with E-state index in [1.165, 1.54) is 12.1 Å². The Bertz CT molecular complexity index is 398. The summed E-state index contributed by atoms with van der Waals surface area (Å²) in [5, 5.41) is 0. The molecule has 0 aliphatic heterocycles. The van der Waals surface area contributed by atoms with Crippen molar-refractivity contribution in [2.45, 2.75) is 0 Å². The van der Waals surface area contributed by atoms with E-state index in [0.717, 1.165) is 4.47 Å². The van der Waals surface area contributed by atoms with E-state index >= 15 is 0 Å². The van der Waals surface area contributed by atoms with Crippen LogP contribution >= 0.6 is 15.9 Å². The molecule has 0 aliphatic carbocycles. The van der Waals surface area contributed by atoms with Crippen molar-refractivity contribution >= 4 is 15.9 Å². The van der Waals surface area contributed by atoms with Gasteiger partial charge in [0.25, 0.3) is 0 Å². The minimum absolute atomic E-state index is 0.286. The summed E-state index contributed by atoms with van der Waals surface area (Å²) < 4.78 is 18.9. The van der Waals surface area contributed by atoms with Crippen molar-refractivity contribution in [3.05, 3.63) is 52.9 Å². The van der Waals surface area contributed by atoms with Gasteiger partial charge < -0.3 is 4.74 Å². The molecule has 0 fully saturated rings. The molecule has 2 nitrogen and oxygen atoms in total. The Morgan fingerprint density at radius 2 is 1.80 bits per heavy atom. The van der Waals surface area contributed by atoms with E-state index in [9.17, 15) is 4.39 Å². The van der Waals surface area contributed by atoms with Gasteiger partial charge in [0.15, 0.2) is 0 Å². The van der Waals surface area contributed by atoms with Gasteiger partial charge >= 0.3 is 0 Å². The van der Waals surface area contributed by atoms with Gasteiger partial charge in [-0.2, -0.15) is 0 Å². The van der Waals surface area contributed by atoms with Crippen LogP contribution in [0.15, 0.2) is 47.1 Å². The number of pyridine rings is 1. The zero-order valence-electron chi connectivity index (χ0n) is 7.65. The zero-order valence-corrected chi connectivity index (χ0v) is 9.24. The molecule has 0 radical (unpaired) electrons. The van der Waals surface area contributed by atoms with Crippen LogP contribution in [0.2, 0.25) is 0 Å². The van der Waals surface area contributed by atoms with Crippen LogP contribution in [0.3, 0.4) is 0 Å². The molecule has 0 unspecified atom stereocenters. The number of benzene rings is 1. The Balaban J connectivity index is 2.15. The van der Waals surface area contributed by atoms with E-state index in [4.69, 9.17) is 4.74 Å².